The third-order valence-electron chi connectivity index (χ3n) is 4.59. The Balaban J connectivity index is 2.02. The molecule has 5 heteroatoms. The van der Waals surface area contributed by atoms with Crippen LogP contribution in [0.15, 0.2) is 40.3 Å². The predicted octanol–water partition coefficient (Wildman–Crippen LogP) is 4.68. The van der Waals surface area contributed by atoms with Gasteiger partial charge in [-0.1, -0.05) is 43.8 Å². The van der Waals surface area contributed by atoms with Gasteiger partial charge in [0.15, 0.2) is 5.16 Å². The Morgan fingerprint density at radius 1 is 1.33 bits per heavy atom. The van der Waals surface area contributed by atoms with Crippen LogP contribution in [0.1, 0.15) is 30.7 Å². The van der Waals surface area contributed by atoms with Crippen molar-refractivity contribution in [2.24, 2.45) is 5.92 Å². The first-order chi connectivity index (χ1) is 11.7. The van der Waals surface area contributed by atoms with E-state index < -0.39 is 0 Å². The van der Waals surface area contributed by atoms with E-state index in [4.69, 9.17) is 4.98 Å². The third-order valence-corrected chi connectivity index (χ3v) is 6.56. The van der Waals surface area contributed by atoms with E-state index in [0.29, 0.717) is 5.92 Å². The van der Waals surface area contributed by atoms with Crippen molar-refractivity contribution in [3.05, 3.63) is 51.1 Å². The molecule has 0 spiro atoms. The maximum Gasteiger partial charge on any atom is 0.267 e. The van der Waals surface area contributed by atoms with E-state index in [-0.39, 0.29) is 5.56 Å². The molecule has 0 bridgehead atoms. The summed E-state index contributed by atoms with van der Waals surface area (Å²) in [7, 11) is 0. The summed E-state index contributed by atoms with van der Waals surface area (Å²) in [5.74, 6) is 1.60. The van der Waals surface area contributed by atoms with E-state index in [1.165, 1.54) is 10.4 Å². The van der Waals surface area contributed by atoms with Crippen molar-refractivity contribution in [3.63, 3.8) is 0 Å². The van der Waals surface area contributed by atoms with Crippen LogP contribution in [-0.2, 0) is 12.8 Å². The number of aromatic nitrogens is 2. The number of rotatable bonds is 3. The van der Waals surface area contributed by atoms with Crippen molar-refractivity contribution in [2.45, 2.75) is 38.3 Å². The molecule has 1 atom stereocenters. The van der Waals surface area contributed by atoms with E-state index >= 15 is 0 Å². The van der Waals surface area contributed by atoms with Crippen molar-refractivity contribution in [2.75, 3.05) is 5.75 Å². The Morgan fingerprint density at radius 2 is 2.12 bits per heavy atom. The largest absolute Gasteiger partial charge is 0.268 e. The van der Waals surface area contributed by atoms with Crippen molar-refractivity contribution in [1.82, 2.24) is 9.55 Å². The summed E-state index contributed by atoms with van der Waals surface area (Å²) in [4.78, 5) is 20.5. The highest BCUT2D eigenvalue weighted by atomic mass is 32.2. The van der Waals surface area contributed by atoms with E-state index in [2.05, 4.69) is 13.8 Å². The molecule has 0 saturated heterocycles. The summed E-state index contributed by atoms with van der Waals surface area (Å²) in [6.45, 7) is 4.39. The number of hydrogen-bond donors (Lipinski definition) is 0. The second-order valence-electron chi connectivity index (χ2n) is 6.34. The van der Waals surface area contributed by atoms with Gasteiger partial charge in [-0.15, -0.1) is 11.3 Å². The van der Waals surface area contributed by atoms with Gasteiger partial charge < -0.3 is 0 Å². The van der Waals surface area contributed by atoms with Crippen molar-refractivity contribution < 1.29 is 0 Å². The van der Waals surface area contributed by atoms with Gasteiger partial charge in [0.05, 0.1) is 11.1 Å². The fourth-order valence-corrected chi connectivity index (χ4v) is 5.56. The third kappa shape index (κ3) is 2.60. The van der Waals surface area contributed by atoms with Crippen LogP contribution in [0.5, 0.6) is 0 Å². The molecule has 1 aliphatic rings. The molecule has 3 aromatic rings. The molecular weight excluding hydrogens is 336 g/mol. The number of para-hydroxylation sites is 1. The molecule has 0 radical (unpaired) electrons. The molecule has 0 amide bonds. The standard InChI is InChI=1S/C19H20N2OS2/c1-3-23-19-20-17-16(14-10-9-12(2)11-15(14)24-17)18(22)21(19)13-7-5-4-6-8-13/h4-8,12H,3,9-11H2,1-2H3. The van der Waals surface area contributed by atoms with Crippen molar-refractivity contribution >= 4 is 33.3 Å². The van der Waals surface area contributed by atoms with Gasteiger partial charge in [-0.05, 0) is 48.6 Å². The lowest BCUT2D eigenvalue weighted by Gasteiger charge is -2.17. The molecule has 0 saturated carbocycles. The van der Waals surface area contributed by atoms with Crippen LogP contribution in [0.25, 0.3) is 15.9 Å². The lowest BCUT2D eigenvalue weighted by atomic mass is 9.89. The Hall–Kier alpha value is -1.59. The fourth-order valence-electron chi connectivity index (χ4n) is 3.40. The normalized spacial score (nSPS) is 17.2. The first-order valence-corrected chi connectivity index (χ1v) is 10.2. The quantitative estimate of drug-likeness (QED) is 0.505. The summed E-state index contributed by atoms with van der Waals surface area (Å²) >= 11 is 3.35. The van der Waals surface area contributed by atoms with Crippen LogP contribution in [0.4, 0.5) is 0 Å². The molecule has 2 aromatic heterocycles. The number of thiophene rings is 1. The average Bonchev–Trinajstić information content (AvgIpc) is 2.93. The zero-order chi connectivity index (χ0) is 16.7. The highest BCUT2D eigenvalue weighted by molar-refractivity contribution is 7.99. The summed E-state index contributed by atoms with van der Waals surface area (Å²) in [5, 5.41) is 1.65. The number of nitrogens with zero attached hydrogens (tertiary/aromatic N) is 2. The van der Waals surface area contributed by atoms with Crippen LogP contribution in [0.2, 0.25) is 0 Å². The zero-order valence-corrected chi connectivity index (χ0v) is 15.5. The molecule has 1 aromatic carbocycles. The minimum absolute atomic E-state index is 0.0919. The molecule has 1 unspecified atom stereocenters. The fraction of sp³-hybridized carbons (Fsp3) is 0.368. The molecule has 124 valence electrons. The number of thioether (sulfide) groups is 1. The summed E-state index contributed by atoms with van der Waals surface area (Å²) in [5.41, 5.74) is 2.24. The monoisotopic (exact) mass is 356 g/mol. The molecule has 4 rings (SSSR count). The number of fused-ring (bicyclic) bond motifs is 3. The van der Waals surface area contributed by atoms with Crippen LogP contribution >= 0.6 is 23.1 Å². The highest BCUT2D eigenvalue weighted by Gasteiger charge is 2.24. The van der Waals surface area contributed by atoms with Gasteiger partial charge in [0.2, 0.25) is 0 Å². The van der Waals surface area contributed by atoms with Gasteiger partial charge >= 0.3 is 0 Å². The summed E-state index contributed by atoms with van der Waals surface area (Å²) < 4.78 is 1.79. The first kappa shape index (κ1) is 15.9. The van der Waals surface area contributed by atoms with Crippen LogP contribution in [-0.4, -0.2) is 15.3 Å². The predicted molar refractivity (Wildman–Crippen MR) is 103 cm³/mol. The van der Waals surface area contributed by atoms with E-state index in [1.54, 1.807) is 27.7 Å². The Morgan fingerprint density at radius 3 is 2.88 bits per heavy atom. The lowest BCUT2D eigenvalue weighted by Crippen LogP contribution is -2.22. The Kier molecular flexibility index (Phi) is 4.22. The molecule has 3 nitrogen and oxygen atoms in total. The topological polar surface area (TPSA) is 34.9 Å². The van der Waals surface area contributed by atoms with Crippen molar-refractivity contribution in [3.8, 4) is 5.69 Å². The van der Waals surface area contributed by atoms with Crippen LogP contribution in [0.3, 0.4) is 0 Å². The smallest absolute Gasteiger partial charge is 0.267 e. The van der Waals surface area contributed by atoms with Gasteiger partial charge in [0.1, 0.15) is 4.83 Å². The average molecular weight is 357 g/mol. The lowest BCUT2D eigenvalue weighted by molar-refractivity contribution is 0.509. The molecule has 2 heterocycles. The SMILES string of the molecule is CCSc1nc2sc3c(c2c(=O)n1-c1ccccc1)CCC(C)C3. The second kappa shape index (κ2) is 6.37. The molecule has 24 heavy (non-hydrogen) atoms. The number of hydrogen-bond acceptors (Lipinski definition) is 4. The Labute approximate surface area is 149 Å². The minimum Gasteiger partial charge on any atom is -0.268 e. The molecule has 0 aliphatic heterocycles. The number of aryl methyl sites for hydroxylation is 1. The minimum atomic E-state index is 0.0919. The Bertz CT molecular complexity index is 943. The molecule has 0 N–H and O–H groups in total. The maximum absolute atomic E-state index is 13.4. The molecule has 0 fully saturated rings. The maximum atomic E-state index is 13.4. The summed E-state index contributed by atoms with van der Waals surface area (Å²) in [6, 6.07) is 9.88. The van der Waals surface area contributed by atoms with Crippen LogP contribution in [0, 0.1) is 5.92 Å². The van der Waals surface area contributed by atoms with Gasteiger partial charge in [0.25, 0.3) is 5.56 Å². The van der Waals surface area contributed by atoms with Gasteiger partial charge in [-0.2, -0.15) is 0 Å². The zero-order valence-electron chi connectivity index (χ0n) is 13.9. The van der Waals surface area contributed by atoms with E-state index in [0.717, 1.165) is 46.1 Å². The van der Waals surface area contributed by atoms with Gasteiger partial charge in [-0.25, -0.2) is 4.98 Å². The molecule has 1 aliphatic carbocycles. The van der Waals surface area contributed by atoms with E-state index in [9.17, 15) is 4.79 Å². The molecular formula is C19H20N2OS2. The highest BCUT2D eigenvalue weighted by Crippen LogP contribution is 2.36. The van der Waals surface area contributed by atoms with E-state index in [1.807, 2.05) is 30.3 Å². The first-order valence-electron chi connectivity index (χ1n) is 8.44. The summed E-state index contributed by atoms with van der Waals surface area (Å²) in [6.07, 6.45) is 3.24. The van der Waals surface area contributed by atoms with Crippen LogP contribution < -0.4 is 5.56 Å². The van der Waals surface area contributed by atoms with Crippen molar-refractivity contribution in [1.29, 1.82) is 0 Å². The number of benzene rings is 1. The second-order valence-corrected chi connectivity index (χ2v) is 8.65. The van der Waals surface area contributed by atoms with Gasteiger partial charge in [-0.3, -0.25) is 9.36 Å². The van der Waals surface area contributed by atoms with Gasteiger partial charge in [0, 0.05) is 4.88 Å².